The van der Waals surface area contributed by atoms with E-state index in [1.807, 2.05) is 0 Å². The Kier molecular flexibility index (Phi) is 4.08. The highest BCUT2D eigenvalue weighted by Gasteiger charge is 2.37. The molecule has 2 aromatic rings. The minimum Gasteiger partial charge on any atom is -0.458 e. The van der Waals surface area contributed by atoms with E-state index in [2.05, 4.69) is 4.98 Å². The van der Waals surface area contributed by atoms with Crippen LogP contribution in [-0.4, -0.2) is 21.5 Å². The molecule has 7 nitrogen and oxygen atoms in total. The van der Waals surface area contributed by atoms with Crippen LogP contribution >= 0.6 is 0 Å². The van der Waals surface area contributed by atoms with Crippen LogP contribution in [0, 0.1) is 10.1 Å². The average Bonchev–Trinajstić information content (AvgIpc) is 2.43. The summed E-state index contributed by atoms with van der Waals surface area (Å²) < 4.78 is 5.36. The monoisotopic (exact) mass is 317 g/mol. The van der Waals surface area contributed by atoms with Gasteiger partial charge in [-0.1, -0.05) is 0 Å². The molecule has 0 saturated heterocycles. The van der Waals surface area contributed by atoms with E-state index >= 15 is 0 Å². The van der Waals surface area contributed by atoms with E-state index in [1.165, 1.54) is 25.3 Å². The van der Waals surface area contributed by atoms with Gasteiger partial charge >= 0.3 is 5.97 Å². The van der Waals surface area contributed by atoms with Crippen molar-refractivity contribution in [3.05, 3.63) is 46.1 Å². The van der Waals surface area contributed by atoms with Crippen LogP contribution < -0.4 is 5.73 Å². The summed E-state index contributed by atoms with van der Waals surface area (Å²) >= 11 is 0. The number of non-ortho nitro benzene ring substituents is 1. The number of pyridine rings is 1. The standard InChI is InChI=1S/C16H19N3O4/c1-15(2,3)23-14(20)16(4,17)11-7-8-12(19(21)22)10-6-5-9-18-13(10)11/h5-9H,17H2,1-4H3/t16-/m0/s1. The largest absolute Gasteiger partial charge is 0.458 e. The Morgan fingerprint density at radius 2 is 1.91 bits per heavy atom. The Balaban J connectivity index is 2.62. The Bertz CT molecular complexity index is 778. The number of esters is 1. The molecule has 1 aromatic carbocycles. The van der Waals surface area contributed by atoms with Gasteiger partial charge in [0, 0.05) is 17.8 Å². The van der Waals surface area contributed by atoms with Crippen molar-refractivity contribution in [2.45, 2.75) is 38.8 Å². The fourth-order valence-electron chi connectivity index (χ4n) is 2.23. The zero-order chi connectivity index (χ0) is 17.4. The number of ether oxygens (including phenoxy) is 1. The van der Waals surface area contributed by atoms with Crippen molar-refractivity contribution in [2.24, 2.45) is 5.73 Å². The first-order chi connectivity index (χ1) is 10.5. The van der Waals surface area contributed by atoms with Crippen molar-refractivity contribution in [2.75, 3.05) is 0 Å². The molecule has 2 N–H and O–H groups in total. The van der Waals surface area contributed by atoms with Crippen molar-refractivity contribution in [1.82, 2.24) is 4.98 Å². The van der Waals surface area contributed by atoms with Crippen molar-refractivity contribution in [3.8, 4) is 0 Å². The quantitative estimate of drug-likeness (QED) is 0.529. The summed E-state index contributed by atoms with van der Waals surface area (Å²) in [6, 6.07) is 5.96. The van der Waals surface area contributed by atoms with E-state index < -0.39 is 22.0 Å². The lowest BCUT2D eigenvalue weighted by atomic mass is 9.90. The highest BCUT2D eigenvalue weighted by atomic mass is 16.6. The minimum absolute atomic E-state index is 0.0863. The number of nitrogens with two attached hydrogens (primary N) is 1. The van der Waals surface area contributed by atoms with Gasteiger partial charge < -0.3 is 10.5 Å². The Morgan fingerprint density at radius 1 is 1.26 bits per heavy atom. The van der Waals surface area contributed by atoms with Gasteiger partial charge in [-0.05, 0) is 45.9 Å². The van der Waals surface area contributed by atoms with Crippen molar-refractivity contribution in [3.63, 3.8) is 0 Å². The first-order valence-electron chi connectivity index (χ1n) is 7.09. The summed E-state index contributed by atoms with van der Waals surface area (Å²) in [5, 5.41) is 11.5. The maximum Gasteiger partial charge on any atom is 0.331 e. The number of rotatable bonds is 3. The molecule has 0 bridgehead atoms. The van der Waals surface area contributed by atoms with Crippen LogP contribution in [-0.2, 0) is 15.1 Å². The molecule has 0 aliphatic rings. The number of hydrogen-bond acceptors (Lipinski definition) is 6. The summed E-state index contributed by atoms with van der Waals surface area (Å²) in [5.41, 5.74) is 4.64. The van der Waals surface area contributed by atoms with Crippen LogP contribution in [0.25, 0.3) is 10.9 Å². The topological polar surface area (TPSA) is 108 Å². The van der Waals surface area contributed by atoms with E-state index in [-0.39, 0.29) is 5.69 Å². The van der Waals surface area contributed by atoms with Crippen LogP contribution in [0.1, 0.15) is 33.3 Å². The number of carbonyl (C=O) groups is 1. The average molecular weight is 317 g/mol. The lowest BCUT2D eigenvalue weighted by Crippen LogP contribution is -2.46. The number of carbonyl (C=O) groups excluding carboxylic acids is 1. The molecular formula is C16H19N3O4. The normalized spacial score (nSPS) is 14.3. The zero-order valence-corrected chi connectivity index (χ0v) is 13.5. The van der Waals surface area contributed by atoms with E-state index in [0.29, 0.717) is 16.5 Å². The summed E-state index contributed by atoms with van der Waals surface area (Å²) in [7, 11) is 0. The van der Waals surface area contributed by atoms with Gasteiger partial charge in [0.2, 0.25) is 0 Å². The van der Waals surface area contributed by atoms with Crippen LogP contribution in [0.5, 0.6) is 0 Å². The summed E-state index contributed by atoms with van der Waals surface area (Å²) in [5.74, 6) is -0.620. The van der Waals surface area contributed by atoms with Crippen molar-refractivity contribution < 1.29 is 14.5 Å². The van der Waals surface area contributed by atoms with Gasteiger partial charge in [-0.15, -0.1) is 0 Å². The third kappa shape index (κ3) is 3.29. The number of hydrogen-bond donors (Lipinski definition) is 1. The fraction of sp³-hybridized carbons (Fsp3) is 0.375. The molecule has 0 saturated carbocycles. The molecule has 1 aromatic heterocycles. The molecule has 0 unspecified atom stereocenters. The third-order valence-corrected chi connectivity index (χ3v) is 3.33. The Morgan fingerprint density at radius 3 is 2.48 bits per heavy atom. The van der Waals surface area contributed by atoms with Crippen LogP contribution in [0.15, 0.2) is 30.5 Å². The number of nitrogens with zero attached hydrogens (tertiary/aromatic N) is 2. The maximum atomic E-state index is 12.4. The SMILES string of the molecule is CC(C)(C)OC(=O)[C@@](C)(N)c1ccc([N+](=O)[O-])c2cccnc12. The van der Waals surface area contributed by atoms with Gasteiger partial charge in [0.25, 0.3) is 5.69 Å². The molecule has 122 valence electrons. The van der Waals surface area contributed by atoms with E-state index in [4.69, 9.17) is 10.5 Å². The lowest BCUT2D eigenvalue weighted by Gasteiger charge is -2.29. The fourth-order valence-corrected chi connectivity index (χ4v) is 2.23. The molecule has 0 fully saturated rings. The predicted octanol–water partition coefficient (Wildman–Crippen LogP) is 2.66. The Labute approximate surface area is 133 Å². The molecule has 0 spiro atoms. The first-order valence-corrected chi connectivity index (χ1v) is 7.09. The number of nitro benzene ring substituents is 1. The van der Waals surface area contributed by atoms with E-state index in [0.717, 1.165) is 0 Å². The van der Waals surface area contributed by atoms with Gasteiger partial charge in [-0.2, -0.15) is 0 Å². The van der Waals surface area contributed by atoms with Crippen molar-refractivity contribution >= 4 is 22.6 Å². The molecule has 2 rings (SSSR count). The summed E-state index contributed by atoms with van der Waals surface area (Å²) in [6.07, 6.45) is 1.50. The van der Waals surface area contributed by atoms with E-state index in [9.17, 15) is 14.9 Å². The highest BCUT2D eigenvalue weighted by molar-refractivity contribution is 5.95. The molecule has 7 heteroatoms. The predicted molar refractivity (Wildman–Crippen MR) is 85.8 cm³/mol. The number of fused-ring (bicyclic) bond motifs is 1. The zero-order valence-electron chi connectivity index (χ0n) is 13.5. The molecule has 0 aliphatic carbocycles. The number of aromatic nitrogens is 1. The number of nitro groups is 1. The van der Waals surface area contributed by atoms with Crippen LogP contribution in [0.3, 0.4) is 0 Å². The maximum absolute atomic E-state index is 12.4. The molecule has 0 radical (unpaired) electrons. The molecular weight excluding hydrogens is 298 g/mol. The van der Waals surface area contributed by atoms with E-state index in [1.54, 1.807) is 32.9 Å². The molecule has 0 aliphatic heterocycles. The van der Waals surface area contributed by atoms with Crippen molar-refractivity contribution in [1.29, 1.82) is 0 Å². The third-order valence-electron chi connectivity index (χ3n) is 3.33. The first kappa shape index (κ1) is 16.8. The smallest absolute Gasteiger partial charge is 0.331 e. The molecule has 0 amide bonds. The van der Waals surface area contributed by atoms with Gasteiger partial charge in [0.05, 0.1) is 15.8 Å². The second-order valence-corrected chi connectivity index (χ2v) is 6.49. The second-order valence-electron chi connectivity index (χ2n) is 6.49. The van der Waals surface area contributed by atoms with Gasteiger partial charge in [0.1, 0.15) is 11.1 Å². The van der Waals surface area contributed by atoms with Gasteiger partial charge in [-0.3, -0.25) is 15.1 Å². The Hall–Kier alpha value is -2.54. The molecule has 1 heterocycles. The van der Waals surface area contributed by atoms with Gasteiger partial charge in [0.15, 0.2) is 0 Å². The minimum atomic E-state index is -1.48. The molecule has 1 atom stereocenters. The van der Waals surface area contributed by atoms with Gasteiger partial charge in [-0.25, -0.2) is 4.79 Å². The molecule has 23 heavy (non-hydrogen) atoms. The van der Waals surface area contributed by atoms with Crippen LogP contribution in [0.2, 0.25) is 0 Å². The summed E-state index contributed by atoms with van der Waals surface area (Å²) in [4.78, 5) is 27.3. The van der Waals surface area contributed by atoms with Crippen LogP contribution in [0.4, 0.5) is 5.69 Å². The summed E-state index contributed by atoms with van der Waals surface area (Å²) in [6.45, 7) is 6.74. The highest BCUT2D eigenvalue weighted by Crippen LogP contribution is 2.32. The lowest BCUT2D eigenvalue weighted by molar-refractivity contribution is -0.383. The second kappa shape index (κ2) is 5.58. The number of benzene rings is 1.